The molecule has 106 valence electrons. The molecule has 7 heteroatoms. The van der Waals surface area contributed by atoms with Gasteiger partial charge in [0, 0.05) is 19.7 Å². The monoisotopic (exact) mass is 292 g/mol. The third-order valence-electron chi connectivity index (χ3n) is 3.71. The Balaban J connectivity index is 1.93. The molecular formula is C13H16N4O2S. The summed E-state index contributed by atoms with van der Waals surface area (Å²) in [6.07, 6.45) is 3.43. The van der Waals surface area contributed by atoms with Crippen molar-refractivity contribution in [3.05, 3.63) is 17.3 Å². The minimum Gasteiger partial charge on any atom is -0.396 e. The zero-order chi connectivity index (χ0) is 14.1. The minimum absolute atomic E-state index is 0.248. The van der Waals surface area contributed by atoms with Crippen LogP contribution in [0.5, 0.6) is 0 Å². The van der Waals surface area contributed by atoms with Gasteiger partial charge in [-0.25, -0.2) is 9.97 Å². The summed E-state index contributed by atoms with van der Waals surface area (Å²) in [7, 11) is 0. The lowest BCUT2D eigenvalue weighted by Gasteiger charge is -2.32. The molecule has 0 spiro atoms. The number of nitrogens with zero attached hydrogens (tertiary/aromatic N) is 3. The molecule has 2 aromatic rings. The molecule has 3 rings (SSSR count). The zero-order valence-electron chi connectivity index (χ0n) is 11.0. The fourth-order valence-electron chi connectivity index (χ4n) is 2.52. The van der Waals surface area contributed by atoms with E-state index in [0.717, 1.165) is 42.0 Å². The Hall–Kier alpha value is -1.73. The van der Waals surface area contributed by atoms with E-state index in [1.165, 1.54) is 17.7 Å². The van der Waals surface area contributed by atoms with E-state index in [9.17, 15) is 9.90 Å². The van der Waals surface area contributed by atoms with E-state index >= 15 is 0 Å². The van der Waals surface area contributed by atoms with Gasteiger partial charge in [0.25, 0.3) is 5.91 Å². The molecular weight excluding hydrogens is 276 g/mol. The second kappa shape index (κ2) is 5.34. The number of aliphatic hydroxyl groups excluding tert-OH is 1. The van der Waals surface area contributed by atoms with Gasteiger partial charge in [-0.1, -0.05) is 0 Å². The molecule has 0 unspecified atom stereocenters. The van der Waals surface area contributed by atoms with Gasteiger partial charge >= 0.3 is 0 Å². The van der Waals surface area contributed by atoms with Crippen LogP contribution in [0, 0.1) is 5.92 Å². The van der Waals surface area contributed by atoms with Crippen LogP contribution in [-0.2, 0) is 0 Å². The average Bonchev–Trinajstić information content (AvgIpc) is 2.91. The lowest BCUT2D eigenvalue weighted by Crippen LogP contribution is -2.35. The molecule has 0 aliphatic carbocycles. The predicted molar refractivity (Wildman–Crippen MR) is 78.0 cm³/mol. The topological polar surface area (TPSA) is 92.3 Å². The number of amides is 1. The Morgan fingerprint density at radius 1 is 1.45 bits per heavy atom. The molecule has 1 saturated heterocycles. The van der Waals surface area contributed by atoms with E-state index in [1.807, 2.05) is 0 Å². The summed E-state index contributed by atoms with van der Waals surface area (Å²) in [4.78, 5) is 22.5. The first-order valence-electron chi connectivity index (χ1n) is 6.59. The van der Waals surface area contributed by atoms with Crippen LogP contribution in [0.15, 0.2) is 12.4 Å². The molecule has 3 heterocycles. The van der Waals surface area contributed by atoms with Gasteiger partial charge < -0.3 is 15.7 Å². The van der Waals surface area contributed by atoms with Gasteiger partial charge in [0.1, 0.15) is 12.1 Å². The summed E-state index contributed by atoms with van der Waals surface area (Å²) in [5, 5.41) is 9.19. The summed E-state index contributed by atoms with van der Waals surface area (Å²) in [5.41, 5.74) is 6.09. The summed E-state index contributed by atoms with van der Waals surface area (Å²) in [5.74, 6) is 0.815. The lowest BCUT2D eigenvalue weighted by molar-refractivity contribution is 0.100. The number of hydrogen-bond donors (Lipinski definition) is 2. The fraction of sp³-hybridized carbons (Fsp3) is 0.462. The quantitative estimate of drug-likeness (QED) is 0.880. The molecule has 6 nitrogen and oxygen atoms in total. The average molecular weight is 292 g/mol. The number of piperidine rings is 1. The van der Waals surface area contributed by atoms with Crippen LogP contribution in [0.25, 0.3) is 10.2 Å². The van der Waals surface area contributed by atoms with E-state index in [0.29, 0.717) is 10.8 Å². The molecule has 0 radical (unpaired) electrons. The van der Waals surface area contributed by atoms with Gasteiger partial charge in [0.2, 0.25) is 0 Å². The molecule has 0 bridgehead atoms. The Morgan fingerprint density at radius 3 is 2.85 bits per heavy atom. The van der Waals surface area contributed by atoms with Crippen molar-refractivity contribution in [1.29, 1.82) is 0 Å². The Labute approximate surface area is 120 Å². The first-order valence-corrected chi connectivity index (χ1v) is 7.41. The number of primary amides is 1. The SMILES string of the molecule is NC(=O)c1cc2ncnc(N3CCC(CO)CC3)c2s1. The molecule has 3 N–H and O–H groups in total. The molecule has 0 saturated carbocycles. The number of aromatic nitrogens is 2. The van der Waals surface area contributed by atoms with Crippen LogP contribution >= 0.6 is 11.3 Å². The summed E-state index contributed by atoms with van der Waals surface area (Å²) < 4.78 is 0.906. The maximum Gasteiger partial charge on any atom is 0.258 e. The molecule has 2 aromatic heterocycles. The van der Waals surface area contributed by atoms with Gasteiger partial charge in [-0.3, -0.25) is 4.79 Å². The molecule has 1 aliphatic heterocycles. The van der Waals surface area contributed by atoms with E-state index in [1.54, 1.807) is 6.07 Å². The van der Waals surface area contributed by atoms with Crippen LogP contribution in [0.4, 0.5) is 5.82 Å². The molecule has 1 fully saturated rings. The number of fused-ring (bicyclic) bond motifs is 1. The van der Waals surface area contributed by atoms with Gasteiger partial charge in [-0.2, -0.15) is 0 Å². The van der Waals surface area contributed by atoms with E-state index in [2.05, 4.69) is 14.9 Å². The van der Waals surface area contributed by atoms with Crippen molar-refractivity contribution in [3.63, 3.8) is 0 Å². The highest BCUT2D eigenvalue weighted by Gasteiger charge is 2.22. The third kappa shape index (κ3) is 2.34. The van der Waals surface area contributed by atoms with Crippen molar-refractivity contribution in [2.75, 3.05) is 24.6 Å². The van der Waals surface area contributed by atoms with Crippen LogP contribution in [0.3, 0.4) is 0 Å². The highest BCUT2D eigenvalue weighted by atomic mass is 32.1. The van der Waals surface area contributed by atoms with Gasteiger partial charge in [-0.05, 0) is 24.8 Å². The first-order chi connectivity index (χ1) is 9.69. The number of hydrogen-bond acceptors (Lipinski definition) is 6. The highest BCUT2D eigenvalue weighted by Crippen LogP contribution is 2.32. The number of rotatable bonds is 3. The highest BCUT2D eigenvalue weighted by molar-refractivity contribution is 7.21. The predicted octanol–water partition coefficient (Wildman–Crippen LogP) is 0.999. The minimum atomic E-state index is -0.432. The van der Waals surface area contributed by atoms with E-state index in [-0.39, 0.29) is 6.61 Å². The second-order valence-electron chi connectivity index (χ2n) is 5.00. The summed E-state index contributed by atoms with van der Waals surface area (Å²) in [6.45, 7) is 1.97. The largest absolute Gasteiger partial charge is 0.396 e. The summed E-state index contributed by atoms with van der Waals surface area (Å²) in [6, 6.07) is 1.72. The Morgan fingerprint density at radius 2 is 2.20 bits per heavy atom. The number of nitrogens with two attached hydrogens (primary N) is 1. The van der Waals surface area contributed by atoms with Crippen molar-refractivity contribution in [2.24, 2.45) is 11.7 Å². The zero-order valence-corrected chi connectivity index (χ0v) is 11.8. The second-order valence-corrected chi connectivity index (χ2v) is 6.05. The smallest absolute Gasteiger partial charge is 0.258 e. The van der Waals surface area contributed by atoms with Crippen molar-refractivity contribution in [3.8, 4) is 0 Å². The normalized spacial score (nSPS) is 16.8. The lowest BCUT2D eigenvalue weighted by atomic mass is 9.98. The number of aliphatic hydroxyl groups is 1. The first kappa shape index (κ1) is 13.3. The maximum absolute atomic E-state index is 11.3. The number of carbonyl (C=O) groups excluding carboxylic acids is 1. The molecule has 1 amide bonds. The number of thiophene rings is 1. The number of anilines is 1. The van der Waals surface area contributed by atoms with E-state index < -0.39 is 5.91 Å². The Bertz CT molecular complexity index is 634. The van der Waals surface area contributed by atoms with Crippen LogP contribution in [0.1, 0.15) is 22.5 Å². The van der Waals surface area contributed by atoms with E-state index in [4.69, 9.17) is 5.73 Å². The van der Waals surface area contributed by atoms with Crippen LogP contribution in [0.2, 0.25) is 0 Å². The van der Waals surface area contributed by atoms with Crippen LogP contribution < -0.4 is 10.6 Å². The molecule has 20 heavy (non-hydrogen) atoms. The number of carbonyl (C=O) groups is 1. The van der Waals surface area contributed by atoms with Crippen molar-refractivity contribution >= 4 is 33.3 Å². The summed E-state index contributed by atoms with van der Waals surface area (Å²) >= 11 is 1.34. The molecule has 0 aromatic carbocycles. The fourth-order valence-corrected chi connectivity index (χ4v) is 3.50. The van der Waals surface area contributed by atoms with Crippen molar-refractivity contribution in [1.82, 2.24) is 9.97 Å². The van der Waals surface area contributed by atoms with Crippen LogP contribution in [-0.4, -0.2) is 40.7 Å². The molecule has 1 aliphatic rings. The maximum atomic E-state index is 11.3. The van der Waals surface area contributed by atoms with Gasteiger partial charge in [-0.15, -0.1) is 11.3 Å². The van der Waals surface area contributed by atoms with Gasteiger partial charge in [0.05, 0.1) is 15.1 Å². The van der Waals surface area contributed by atoms with Crippen molar-refractivity contribution < 1.29 is 9.90 Å². The molecule has 0 atom stereocenters. The Kier molecular flexibility index (Phi) is 3.54. The van der Waals surface area contributed by atoms with Gasteiger partial charge in [0.15, 0.2) is 0 Å². The van der Waals surface area contributed by atoms with Crippen molar-refractivity contribution in [2.45, 2.75) is 12.8 Å². The third-order valence-corrected chi connectivity index (χ3v) is 4.84. The standard InChI is InChI=1S/C13H16N4O2S/c14-12(19)10-5-9-11(20-10)13(16-7-15-9)17-3-1-8(6-18)2-4-17/h5,7-8,18H,1-4,6H2,(H2,14,19).